The molecule has 0 aromatic rings. The number of carbonyl (C=O) groups is 1. The van der Waals surface area contributed by atoms with E-state index in [2.05, 4.69) is 36.6 Å². The van der Waals surface area contributed by atoms with E-state index < -0.39 is 0 Å². The standard InChI is InChI=1S/C4H2Br2O2/c5-2-1-8-4(7)3(2)6/h1,3H/t3-/m1/s1. The molecule has 0 unspecified atom stereocenters. The number of hydrogen-bond acceptors (Lipinski definition) is 2. The molecule has 1 atom stereocenters. The predicted molar refractivity (Wildman–Crippen MR) is 35.8 cm³/mol. The Morgan fingerprint density at radius 3 is 2.50 bits per heavy atom. The SMILES string of the molecule is O=C1OC=C(Br)[C@H]1Br. The van der Waals surface area contributed by atoms with E-state index >= 15 is 0 Å². The van der Waals surface area contributed by atoms with Crippen molar-refractivity contribution in [2.45, 2.75) is 4.83 Å². The molecule has 0 bridgehead atoms. The maximum atomic E-state index is 10.4. The van der Waals surface area contributed by atoms with Crippen LogP contribution in [0.5, 0.6) is 0 Å². The molecular formula is C4H2Br2O2. The van der Waals surface area contributed by atoms with Crippen molar-refractivity contribution in [3.05, 3.63) is 10.7 Å². The van der Waals surface area contributed by atoms with Gasteiger partial charge in [0.25, 0.3) is 0 Å². The maximum Gasteiger partial charge on any atom is 0.329 e. The molecule has 0 aliphatic carbocycles. The van der Waals surface area contributed by atoms with Crippen LogP contribution in [0, 0.1) is 0 Å². The molecule has 0 amide bonds. The van der Waals surface area contributed by atoms with Crippen LogP contribution in [0.4, 0.5) is 0 Å². The Balaban J connectivity index is 2.72. The highest BCUT2D eigenvalue weighted by molar-refractivity contribution is 9.14. The van der Waals surface area contributed by atoms with Gasteiger partial charge in [0.05, 0.1) is 4.48 Å². The van der Waals surface area contributed by atoms with Gasteiger partial charge in [-0.3, -0.25) is 4.79 Å². The largest absolute Gasteiger partial charge is 0.432 e. The van der Waals surface area contributed by atoms with Gasteiger partial charge in [0.2, 0.25) is 0 Å². The van der Waals surface area contributed by atoms with Crippen molar-refractivity contribution < 1.29 is 9.53 Å². The first-order valence-corrected chi connectivity index (χ1v) is 3.63. The van der Waals surface area contributed by atoms with Crippen molar-refractivity contribution in [1.82, 2.24) is 0 Å². The van der Waals surface area contributed by atoms with Gasteiger partial charge in [-0.25, -0.2) is 0 Å². The molecule has 44 valence electrons. The van der Waals surface area contributed by atoms with E-state index in [0.717, 1.165) is 4.48 Å². The van der Waals surface area contributed by atoms with Crippen molar-refractivity contribution in [2.75, 3.05) is 0 Å². The lowest BCUT2D eigenvalue weighted by Gasteiger charge is -1.90. The van der Waals surface area contributed by atoms with E-state index in [1.54, 1.807) is 0 Å². The molecule has 0 aromatic heterocycles. The Morgan fingerprint density at radius 2 is 2.38 bits per heavy atom. The van der Waals surface area contributed by atoms with Crippen LogP contribution in [0.1, 0.15) is 0 Å². The molecule has 1 rings (SSSR count). The minimum atomic E-state index is -0.289. The van der Waals surface area contributed by atoms with Crippen LogP contribution >= 0.6 is 31.9 Å². The summed E-state index contributed by atoms with van der Waals surface area (Å²) in [7, 11) is 0. The third-order valence-corrected chi connectivity index (χ3v) is 2.86. The molecule has 0 saturated carbocycles. The second kappa shape index (κ2) is 2.19. The molecule has 0 N–H and O–H groups in total. The normalized spacial score (nSPS) is 27.5. The molecule has 0 radical (unpaired) electrons. The van der Waals surface area contributed by atoms with E-state index in [0.29, 0.717) is 0 Å². The Labute approximate surface area is 63.1 Å². The van der Waals surface area contributed by atoms with Crippen molar-refractivity contribution in [3.63, 3.8) is 0 Å². The Morgan fingerprint density at radius 1 is 1.75 bits per heavy atom. The van der Waals surface area contributed by atoms with Crippen LogP contribution in [0.25, 0.3) is 0 Å². The number of hydrogen-bond donors (Lipinski definition) is 0. The molecule has 1 aliphatic heterocycles. The van der Waals surface area contributed by atoms with E-state index in [1.165, 1.54) is 6.26 Å². The fraction of sp³-hybridized carbons (Fsp3) is 0.250. The highest BCUT2D eigenvalue weighted by atomic mass is 79.9. The lowest BCUT2D eigenvalue weighted by Crippen LogP contribution is -2.07. The average molecular weight is 242 g/mol. The zero-order chi connectivity index (χ0) is 6.15. The second-order valence-electron chi connectivity index (χ2n) is 1.30. The Kier molecular flexibility index (Phi) is 1.72. The smallest absolute Gasteiger partial charge is 0.329 e. The van der Waals surface area contributed by atoms with E-state index in [9.17, 15) is 4.79 Å². The molecule has 0 spiro atoms. The number of cyclic esters (lactones) is 1. The minimum absolute atomic E-state index is 0.267. The highest BCUT2D eigenvalue weighted by Crippen LogP contribution is 2.25. The first-order chi connectivity index (χ1) is 3.72. The summed E-state index contributed by atoms with van der Waals surface area (Å²) in [6.07, 6.45) is 1.38. The summed E-state index contributed by atoms with van der Waals surface area (Å²) in [5.41, 5.74) is 0. The first kappa shape index (κ1) is 6.29. The van der Waals surface area contributed by atoms with Crippen LogP contribution in [0.2, 0.25) is 0 Å². The van der Waals surface area contributed by atoms with Crippen molar-refractivity contribution >= 4 is 37.8 Å². The van der Waals surface area contributed by atoms with E-state index in [1.807, 2.05) is 0 Å². The number of carbonyl (C=O) groups excluding carboxylic acids is 1. The summed E-state index contributed by atoms with van der Waals surface area (Å²) in [5, 5.41) is 0. The van der Waals surface area contributed by atoms with Crippen LogP contribution in [-0.4, -0.2) is 10.8 Å². The number of halogens is 2. The van der Waals surface area contributed by atoms with Gasteiger partial charge in [-0.2, -0.15) is 0 Å². The first-order valence-electron chi connectivity index (χ1n) is 1.92. The van der Waals surface area contributed by atoms with Crippen LogP contribution in [0.15, 0.2) is 10.7 Å². The van der Waals surface area contributed by atoms with E-state index in [-0.39, 0.29) is 10.8 Å². The predicted octanol–water partition coefficient (Wildman–Crippen LogP) is 1.54. The number of ether oxygens (including phenoxy) is 1. The zero-order valence-corrected chi connectivity index (χ0v) is 6.90. The van der Waals surface area contributed by atoms with Gasteiger partial charge in [0.1, 0.15) is 11.1 Å². The third kappa shape index (κ3) is 0.951. The lowest BCUT2D eigenvalue weighted by molar-refractivity contribution is -0.134. The zero-order valence-electron chi connectivity index (χ0n) is 3.73. The molecule has 1 aliphatic rings. The summed E-state index contributed by atoms with van der Waals surface area (Å²) >= 11 is 6.19. The summed E-state index contributed by atoms with van der Waals surface area (Å²) in [4.78, 5) is 10.1. The van der Waals surface area contributed by atoms with Crippen LogP contribution in [0.3, 0.4) is 0 Å². The van der Waals surface area contributed by atoms with Gasteiger partial charge in [-0.05, 0) is 0 Å². The highest BCUT2D eigenvalue weighted by Gasteiger charge is 2.24. The van der Waals surface area contributed by atoms with Gasteiger partial charge in [-0.15, -0.1) is 0 Å². The fourth-order valence-corrected chi connectivity index (χ4v) is 0.843. The minimum Gasteiger partial charge on any atom is -0.432 e. The summed E-state index contributed by atoms with van der Waals surface area (Å²) in [6, 6.07) is 0. The number of alkyl halides is 1. The van der Waals surface area contributed by atoms with Crippen molar-refractivity contribution in [2.24, 2.45) is 0 Å². The molecule has 8 heavy (non-hydrogen) atoms. The summed E-state index contributed by atoms with van der Waals surface area (Å²) in [5.74, 6) is -0.267. The summed E-state index contributed by atoms with van der Waals surface area (Å²) < 4.78 is 5.22. The third-order valence-electron chi connectivity index (χ3n) is 0.737. The molecular weight excluding hydrogens is 240 g/mol. The van der Waals surface area contributed by atoms with Crippen LogP contribution in [-0.2, 0) is 9.53 Å². The Hall–Kier alpha value is 0.170. The van der Waals surface area contributed by atoms with Gasteiger partial charge < -0.3 is 4.74 Å². The fourth-order valence-electron chi connectivity index (χ4n) is 0.346. The molecule has 1 heterocycles. The van der Waals surface area contributed by atoms with Gasteiger partial charge in [0.15, 0.2) is 0 Å². The van der Waals surface area contributed by atoms with Crippen LogP contribution < -0.4 is 0 Å². The number of rotatable bonds is 0. The number of esters is 1. The van der Waals surface area contributed by atoms with Gasteiger partial charge >= 0.3 is 5.97 Å². The summed E-state index contributed by atoms with van der Waals surface area (Å²) in [6.45, 7) is 0. The van der Waals surface area contributed by atoms with Crippen molar-refractivity contribution in [3.8, 4) is 0 Å². The topological polar surface area (TPSA) is 26.3 Å². The van der Waals surface area contributed by atoms with Gasteiger partial charge in [-0.1, -0.05) is 31.9 Å². The van der Waals surface area contributed by atoms with Crippen molar-refractivity contribution in [1.29, 1.82) is 0 Å². The second-order valence-corrected chi connectivity index (χ2v) is 3.13. The maximum absolute atomic E-state index is 10.4. The molecule has 4 heteroatoms. The molecule has 2 nitrogen and oxygen atoms in total. The monoisotopic (exact) mass is 240 g/mol. The molecule has 0 fully saturated rings. The van der Waals surface area contributed by atoms with E-state index in [4.69, 9.17) is 0 Å². The molecule has 0 saturated heterocycles. The lowest BCUT2D eigenvalue weighted by atomic mass is 10.5. The average Bonchev–Trinajstić information content (AvgIpc) is 1.98. The molecule has 0 aromatic carbocycles. The van der Waals surface area contributed by atoms with Gasteiger partial charge in [0, 0.05) is 0 Å². The Bertz CT molecular complexity index is 152. The quantitative estimate of drug-likeness (QED) is 0.475.